The molecule has 0 saturated heterocycles. The van der Waals surface area contributed by atoms with Gasteiger partial charge in [-0.05, 0) is 20.3 Å². The third-order valence-corrected chi connectivity index (χ3v) is 2.53. The Hall–Kier alpha value is -0.610. The Morgan fingerprint density at radius 3 is 2.86 bits per heavy atom. The smallest absolute Gasteiger partial charge is 0.141 e. The predicted molar refractivity (Wildman–Crippen MR) is 55.3 cm³/mol. The molecule has 80 valence electrons. The van der Waals surface area contributed by atoms with E-state index in [2.05, 4.69) is 10.1 Å². The molecule has 0 amide bonds. The van der Waals surface area contributed by atoms with Gasteiger partial charge in [0.2, 0.25) is 0 Å². The van der Waals surface area contributed by atoms with Gasteiger partial charge < -0.3 is 4.74 Å². The highest BCUT2D eigenvalue weighted by Gasteiger charge is 2.16. The largest absolute Gasteiger partial charge is 0.379 e. The number of halogens is 1. The third-order valence-electron chi connectivity index (χ3n) is 2.29. The monoisotopic (exact) mass is 217 g/mol. The van der Waals surface area contributed by atoms with Gasteiger partial charge in [-0.15, -0.1) is 11.6 Å². The molecular weight excluding hydrogens is 202 g/mol. The van der Waals surface area contributed by atoms with Gasteiger partial charge in [-0.2, -0.15) is 5.10 Å². The van der Waals surface area contributed by atoms with Gasteiger partial charge in [0.15, 0.2) is 0 Å². The molecule has 0 aliphatic rings. The number of aryl methyl sites for hydroxylation is 1. The maximum absolute atomic E-state index is 5.70. The maximum Gasteiger partial charge on any atom is 0.141 e. The number of hydrogen-bond acceptors (Lipinski definition) is 3. The summed E-state index contributed by atoms with van der Waals surface area (Å²) in [5, 5.41) is 4.09. The molecule has 5 heteroatoms. The number of nitrogens with zero attached hydrogens (tertiary/aromatic N) is 3. The Labute approximate surface area is 89.2 Å². The van der Waals surface area contributed by atoms with Crippen LogP contribution in [0.15, 0.2) is 6.33 Å². The molecule has 0 aromatic carbocycles. The highest BCUT2D eigenvalue weighted by molar-refractivity contribution is 6.16. The van der Waals surface area contributed by atoms with Gasteiger partial charge >= 0.3 is 0 Å². The van der Waals surface area contributed by atoms with E-state index in [0.717, 1.165) is 18.8 Å². The number of hydrogen-bond donors (Lipinski definition) is 0. The van der Waals surface area contributed by atoms with Gasteiger partial charge in [-0.3, -0.25) is 0 Å². The molecule has 0 fully saturated rings. The number of rotatable bonds is 5. The summed E-state index contributed by atoms with van der Waals surface area (Å²) in [6.45, 7) is 4.87. The molecule has 0 bridgehead atoms. The lowest BCUT2D eigenvalue weighted by atomic mass is 10.1. The highest BCUT2D eigenvalue weighted by atomic mass is 35.5. The Bertz CT molecular complexity index is 285. The van der Waals surface area contributed by atoms with E-state index in [1.807, 2.05) is 18.5 Å². The standard InChI is InChI=1S/C9H16ClN3O/c1-9(2,14-3)4-5-13-8(6-10)11-7-12-13/h7H,4-6H2,1-3H3. The zero-order chi connectivity index (χ0) is 10.6. The summed E-state index contributed by atoms with van der Waals surface area (Å²) in [6, 6.07) is 0. The molecule has 0 N–H and O–H groups in total. The number of methoxy groups -OCH3 is 1. The molecule has 0 radical (unpaired) electrons. The van der Waals surface area contributed by atoms with Gasteiger partial charge in [0.1, 0.15) is 12.2 Å². The van der Waals surface area contributed by atoms with Crippen LogP contribution < -0.4 is 0 Å². The topological polar surface area (TPSA) is 39.9 Å². The summed E-state index contributed by atoms with van der Waals surface area (Å²) in [6.07, 6.45) is 2.41. The molecule has 1 aromatic rings. The van der Waals surface area contributed by atoms with E-state index in [0.29, 0.717) is 5.88 Å². The Morgan fingerprint density at radius 1 is 1.57 bits per heavy atom. The average Bonchev–Trinajstić information content (AvgIpc) is 2.62. The third kappa shape index (κ3) is 2.96. The summed E-state index contributed by atoms with van der Waals surface area (Å²) >= 11 is 5.70. The molecule has 4 nitrogen and oxygen atoms in total. The summed E-state index contributed by atoms with van der Waals surface area (Å²) in [7, 11) is 1.71. The molecule has 14 heavy (non-hydrogen) atoms. The molecule has 1 aromatic heterocycles. The van der Waals surface area contributed by atoms with Gasteiger partial charge in [-0.25, -0.2) is 9.67 Å². The van der Waals surface area contributed by atoms with Crippen molar-refractivity contribution in [2.45, 2.75) is 38.3 Å². The van der Waals surface area contributed by atoms with Crippen molar-refractivity contribution >= 4 is 11.6 Å². The molecule has 0 aliphatic heterocycles. The fourth-order valence-electron chi connectivity index (χ4n) is 1.06. The van der Waals surface area contributed by atoms with E-state index in [9.17, 15) is 0 Å². The van der Waals surface area contributed by atoms with Crippen molar-refractivity contribution in [3.63, 3.8) is 0 Å². The summed E-state index contributed by atoms with van der Waals surface area (Å²) in [4.78, 5) is 4.04. The zero-order valence-electron chi connectivity index (χ0n) is 8.83. The fourth-order valence-corrected chi connectivity index (χ4v) is 1.26. The van der Waals surface area contributed by atoms with Crippen LogP contribution in [0.2, 0.25) is 0 Å². The van der Waals surface area contributed by atoms with E-state index >= 15 is 0 Å². The SMILES string of the molecule is COC(C)(C)CCn1ncnc1CCl. The van der Waals surface area contributed by atoms with E-state index in [1.54, 1.807) is 7.11 Å². The van der Waals surface area contributed by atoms with Crippen molar-refractivity contribution in [2.24, 2.45) is 0 Å². The van der Waals surface area contributed by atoms with Gasteiger partial charge in [0, 0.05) is 13.7 Å². The van der Waals surface area contributed by atoms with Crippen LogP contribution in [-0.2, 0) is 17.2 Å². The van der Waals surface area contributed by atoms with Crippen molar-refractivity contribution in [1.29, 1.82) is 0 Å². The Kier molecular flexibility index (Phi) is 3.89. The first-order valence-corrected chi connectivity index (χ1v) is 5.10. The van der Waals surface area contributed by atoms with Crippen molar-refractivity contribution < 1.29 is 4.74 Å². The zero-order valence-corrected chi connectivity index (χ0v) is 9.58. The van der Waals surface area contributed by atoms with Crippen LogP contribution >= 0.6 is 11.6 Å². The molecule has 0 atom stereocenters. The Morgan fingerprint density at radius 2 is 2.29 bits per heavy atom. The van der Waals surface area contributed by atoms with Crippen LogP contribution in [0.1, 0.15) is 26.1 Å². The van der Waals surface area contributed by atoms with Crippen molar-refractivity contribution in [3.8, 4) is 0 Å². The first-order valence-electron chi connectivity index (χ1n) is 4.57. The van der Waals surface area contributed by atoms with Gasteiger partial charge in [-0.1, -0.05) is 0 Å². The first-order chi connectivity index (χ1) is 6.59. The lowest BCUT2D eigenvalue weighted by Gasteiger charge is -2.22. The maximum atomic E-state index is 5.70. The summed E-state index contributed by atoms with van der Waals surface area (Å²) < 4.78 is 7.13. The lowest BCUT2D eigenvalue weighted by molar-refractivity contribution is 0.0111. The predicted octanol–water partition coefficient (Wildman–Crippen LogP) is 1.83. The molecule has 0 spiro atoms. The first kappa shape index (κ1) is 11.5. The molecular formula is C9H16ClN3O. The van der Waals surface area contributed by atoms with Crippen molar-refractivity contribution in [1.82, 2.24) is 14.8 Å². The highest BCUT2D eigenvalue weighted by Crippen LogP contribution is 2.14. The molecule has 0 saturated carbocycles. The number of ether oxygens (including phenoxy) is 1. The number of alkyl halides is 1. The quantitative estimate of drug-likeness (QED) is 0.707. The summed E-state index contributed by atoms with van der Waals surface area (Å²) in [5.74, 6) is 1.20. The summed E-state index contributed by atoms with van der Waals surface area (Å²) in [5.41, 5.74) is -0.129. The second kappa shape index (κ2) is 4.75. The van der Waals surface area contributed by atoms with Gasteiger partial charge in [0.05, 0.1) is 11.5 Å². The number of aromatic nitrogens is 3. The molecule has 0 aliphatic carbocycles. The fraction of sp³-hybridized carbons (Fsp3) is 0.778. The average molecular weight is 218 g/mol. The molecule has 0 unspecified atom stereocenters. The van der Waals surface area contributed by atoms with Crippen molar-refractivity contribution in [2.75, 3.05) is 7.11 Å². The second-order valence-corrected chi connectivity index (χ2v) is 4.01. The van der Waals surface area contributed by atoms with E-state index in [1.165, 1.54) is 6.33 Å². The van der Waals surface area contributed by atoms with Gasteiger partial charge in [0.25, 0.3) is 0 Å². The Balaban J connectivity index is 2.53. The minimum atomic E-state index is -0.129. The molecule has 1 heterocycles. The van der Waals surface area contributed by atoms with E-state index < -0.39 is 0 Å². The minimum Gasteiger partial charge on any atom is -0.379 e. The van der Waals surface area contributed by atoms with Crippen LogP contribution in [-0.4, -0.2) is 27.5 Å². The minimum absolute atomic E-state index is 0.129. The second-order valence-electron chi connectivity index (χ2n) is 3.75. The van der Waals surface area contributed by atoms with Crippen LogP contribution in [0, 0.1) is 0 Å². The van der Waals surface area contributed by atoms with Crippen LogP contribution in [0.25, 0.3) is 0 Å². The molecule has 1 rings (SSSR count). The van der Waals surface area contributed by atoms with Crippen LogP contribution in [0.5, 0.6) is 0 Å². The normalized spacial score (nSPS) is 12.0. The van der Waals surface area contributed by atoms with E-state index in [-0.39, 0.29) is 5.60 Å². The van der Waals surface area contributed by atoms with Crippen LogP contribution in [0.4, 0.5) is 0 Å². The van der Waals surface area contributed by atoms with Crippen LogP contribution in [0.3, 0.4) is 0 Å². The van der Waals surface area contributed by atoms with Crippen molar-refractivity contribution in [3.05, 3.63) is 12.2 Å². The van der Waals surface area contributed by atoms with E-state index in [4.69, 9.17) is 16.3 Å². The lowest BCUT2D eigenvalue weighted by Crippen LogP contribution is -2.25.